The van der Waals surface area contributed by atoms with Crippen molar-refractivity contribution in [3.63, 3.8) is 0 Å². The first-order valence-corrected chi connectivity index (χ1v) is 7.77. The van der Waals surface area contributed by atoms with Crippen LogP contribution in [-0.4, -0.2) is 35.6 Å². The fraction of sp³-hybridized carbons (Fsp3) is 0.353. The molecule has 2 aromatic rings. The summed E-state index contributed by atoms with van der Waals surface area (Å²) in [5.74, 6) is 0.113. The topological polar surface area (TPSA) is 81.3 Å². The molecule has 2 heterocycles. The van der Waals surface area contributed by atoms with Crippen molar-refractivity contribution in [1.82, 2.24) is 9.97 Å². The van der Waals surface area contributed by atoms with Gasteiger partial charge in [0, 0.05) is 6.54 Å². The summed E-state index contributed by atoms with van der Waals surface area (Å²) in [6.07, 6.45) is 5.06. The van der Waals surface area contributed by atoms with Crippen LogP contribution in [0.1, 0.15) is 28.0 Å². The van der Waals surface area contributed by atoms with Crippen LogP contribution in [-0.2, 0) is 16.8 Å². The van der Waals surface area contributed by atoms with E-state index in [0.29, 0.717) is 19.0 Å². The Hall–Kier alpha value is -2.47. The van der Waals surface area contributed by atoms with Gasteiger partial charge in [-0.05, 0) is 24.0 Å². The Balaban J connectivity index is 1.66. The van der Waals surface area contributed by atoms with Crippen molar-refractivity contribution >= 4 is 11.7 Å². The maximum Gasteiger partial charge on any atom is 0.268 e. The highest BCUT2D eigenvalue weighted by atomic mass is 16.5. The molecule has 2 aliphatic rings. The number of nitrogens with zero attached hydrogens (tertiary/aromatic N) is 3. The Kier molecular flexibility index (Phi) is 3.27. The summed E-state index contributed by atoms with van der Waals surface area (Å²) in [5.41, 5.74) is 7.82. The largest absolute Gasteiger partial charge is 0.367 e. The molecule has 4 rings (SSSR count). The molecule has 1 fully saturated rings. The number of amides is 1. The summed E-state index contributed by atoms with van der Waals surface area (Å²) in [5, 5.41) is 0. The molecule has 1 unspecified atom stereocenters. The number of anilines is 1. The number of carbonyl (C=O) groups excluding carboxylic acids is 1. The SMILES string of the molecule is NC(=O)c1cncc(N2CCOC3(CCc4ccccc43)C2)n1. The van der Waals surface area contributed by atoms with E-state index in [2.05, 4.69) is 39.1 Å². The second-order valence-electron chi connectivity index (χ2n) is 6.05. The number of rotatable bonds is 2. The Morgan fingerprint density at radius 1 is 1.30 bits per heavy atom. The maximum atomic E-state index is 11.3. The zero-order valence-corrected chi connectivity index (χ0v) is 12.7. The third kappa shape index (κ3) is 2.35. The maximum absolute atomic E-state index is 11.3. The third-order valence-corrected chi connectivity index (χ3v) is 4.69. The number of aryl methyl sites for hydroxylation is 1. The van der Waals surface area contributed by atoms with Gasteiger partial charge in [-0.25, -0.2) is 4.98 Å². The summed E-state index contributed by atoms with van der Waals surface area (Å²) in [4.78, 5) is 21.9. The number of hydrogen-bond acceptors (Lipinski definition) is 5. The van der Waals surface area contributed by atoms with Gasteiger partial charge in [0.05, 0.1) is 25.5 Å². The summed E-state index contributed by atoms with van der Waals surface area (Å²) in [6.45, 7) is 2.05. The minimum Gasteiger partial charge on any atom is -0.367 e. The van der Waals surface area contributed by atoms with Gasteiger partial charge in [-0.15, -0.1) is 0 Å². The van der Waals surface area contributed by atoms with Crippen molar-refractivity contribution in [2.75, 3.05) is 24.6 Å². The van der Waals surface area contributed by atoms with E-state index in [9.17, 15) is 4.79 Å². The number of aromatic nitrogens is 2. The van der Waals surface area contributed by atoms with Crippen molar-refractivity contribution in [3.8, 4) is 0 Å². The lowest BCUT2D eigenvalue weighted by Crippen LogP contribution is -2.49. The lowest BCUT2D eigenvalue weighted by molar-refractivity contribution is -0.0594. The summed E-state index contributed by atoms with van der Waals surface area (Å²) >= 11 is 0. The molecule has 6 nitrogen and oxygen atoms in total. The first-order valence-electron chi connectivity index (χ1n) is 7.77. The van der Waals surface area contributed by atoms with Crippen LogP contribution in [0, 0.1) is 0 Å². The van der Waals surface area contributed by atoms with Gasteiger partial charge in [-0.3, -0.25) is 9.78 Å². The van der Waals surface area contributed by atoms with Crippen LogP contribution >= 0.6 is 0 Å². The van der Waals surface area contributed by atoms with Gasteiger partial charge in [-0.1, -0.05) is 24.3 Å². The second-order valence-corrected chi connectivity index (χ2v) is 6.05. The average molecular weight is 310 g/mol. The van der Waals surface area contributed by atoms with Crippen LogP contribution < -0.4 is 10.6 Å². The van der Waals surface area contributed by atoms with E-state index in [4.69, 9.17) is 10.5 Å². The molecule has 1 spiro atoms. The summed E-state index contributed by atoms with van der Waals surface area (Å²) < 4.78 is 6.20. The normalized spacial score (nSPS) is 23.0. The molecule has 1 aliphatic heterocycles. The first kappa shape index (κ1) is 14.1. The van der Waals surface area contributed by atoms with Crippen molar-refractivity contribution in [2.24, 2.45) is 5.73 Å². The number of fused-ring (bicyclic) bond motifs is 2. The number of hydrogen-bond donors (Lipinski definition) is 1. The highest BCUT2D eigenvalue weighted by Crippen LogP contribution is 2.42. The van der Waals surface area contributed by atoms with Crippen LogP contribution in [0.25, 0.3) is 0 Å². The van der Waals surface area contributed by atoms with Crippen LogP contribution in [0.15, 0.2) is 36.7 Å². The molecule has 6 heteroatoms. The van der Waals surface area contributed by atoms with Crippen LogP contribution in [0.5, 0.6) is 0 Å². The van der Waals surface area contributed by atoms with Gasteiger partial charge >= 0.3 is 0 Å². The molecule has 1 aliphatic carbocycles. The lowest BCUT2D eigenvalue weighted by atomic mass is 9.93. The van der Waals surface area contributed by atoms with E-state index in [1.54, 1.807) is 6.20 Å². The van der Waals surface area contributed by atoms with E-state index in [1.807, 2.05) is 0 Å². The highest BCUT2D eigenvalue weighted by molar-refractivity contribution is 5.90. The van der Waals surface area contributed by atoms with Crippen LogP contribution in [0.3, 0.4) is 0 Å². The smallest absolute Gasteiger partial charge is 0.268 e. The van der Waals surface area contributed by atoms with Gasteiger partial charge in [-0.2, -0.15) is 0 Å². The van der Waals surface area contributed by atoms with Gasteiger partial charge < -0.3 is 15.4 Å². The molecule has 0 saturated carbocycles. The minimum absolute atomic E-state index is 0.190. The predicted molar refractivity (Wildman–Crippen MR) is 85.2 cm³/mol. The van der Waals surface area contributed by atoms with E-state index in [0.717, 1.165) is 19.4 Å². The van der Waals surface area contributed by atoms with Crippen molar-refractivity contribution in [2.45, 2.75) is 18.4 Å². The Morgan fingerprint density at radius 2 is 2.17 bits per heavy atom. The van der Waals surface area contributed by atoms with E-state index >= 15 is 0 Å². The average Bonchev–Trinajstić information content (AvgIpc) is 2.94. The molecule has 23 heavy (non-hydrogen) atoms. The molecule has 1 saturated heterocycles. The summed E-state index contributed by atoms with van der Waals surface area (Å²) in [6, 6.07) is 8.44. The number of ether oxygens (including phenoxy) is 1. The fourth-order valence-electron chi connectivity index (χ4n) is 3.57. The van der Waals surface area contributed by atoms with Crippen molar-refractivity contribution in [1.29, 1.82) is 0 Å². The van der Waals surface area contributed by atoms with Crippen LogP contribution in [0.4, 0.5) is 5.82 Å². The molecule has 1 atom stereocenters. The zero-order valence-electron chi connectivity index (χ0n) is 12.7. The van der Waals surface area contributed by atoms with E-state index in [-0.39, 0.29) is 11.3 Å². The predicted octanol–water partition coefficient (Wildman–Crippen LogP) is 1.25. The quantitative estimate of drug-likeness (QED) is 0.903. The molecule has 1 aromatic heterocycles. The van der Waals surface area contributed by atoms with E-state index in [1.165, 1.54) is 17.3 Å². The standard InChI is InChI=1S/C17H18N4O2/c18-16(22)14-9-19-10-15(20-14)21-7-8-23-17(11-21)6-5-12-3-1-2-4-13(12)17/h1-4,9-10H,5-8,11H2,(H2,18,22). The monoisotopic (exact) mass is 310 g/mol. The molecule has 0 bridgehead atoms. The number of carbonyl (C=O) groups is 1. The van der Waals surface area contributed by atoms with Gasteiger partial charge in [0.15, 0.2) is 0 Å². The number of nitrogens with two attached hydrogens (primary N) is 1. The zero-order chi connectivity index (χ0) is 15.9. The van der Waals surface area contributed by atoms with Crippen LogP contribution in [0.2, 0.25) is 0 Å². The Morgan fingerprint density at radius 3 is 3.04 bits per heavy atom. The van der Waals surface area contributed by atoms with Crippen molar-refractivity contribution < 1.29 is 9.53 Å². The second kappa shape index (κ2) is 5.31. The highest BCUT2D eigenvalue weighted by Gasteiger charge is 2.43. The molecule has 1 amide bonds. The fourth-order valence-corrected chi connectivity index (χ4v) is 3.57. The summed E-state index contributed by atoms with van der Waals surface area (Å²) in [7, 11) is 0. The number of primary amides is 1. The third-order valence-electron chi connectivity index (χ3n) is 4.69. The molecule has 0 radical (unpaired) electrons. The Labute approximate surface area is 134 Å². The van der Waals surface area contributed by atoms with Gasteiger partial charge in [0.1, 0.15) is 17.1 Å². The molecule has 1 aromatic carbocycles. The van der Waals surface area contributed by atoms with E-state index < -0.39 is 5.91 Å². The number of morpholine rings is 1. The van der Waals surface area contributed by atoms with Gasteiger partial charge in [0.2, 0.25) is 0 Å². The van der Waals surface area contributed by atoms with Gasteiger partial charge in [0.25, 0.3) is 5.91 Å². The molecule has 118 valence electrons. The molecular weight excluding hydrogens is 292 g/mol. The first-order chi connectivity index (χ1) is 11.2. The molecule has 2 N–H and O–H groups in total. The minimum atomic E-state index is -0.562. The van der Waals surface area contributed by atoms with Crippen molar-refractivity contribution in [3.05, 3.63) is 53.5 Å². The molecular formula is C17H18N4O2. The lowest BCUT2D eigenvalue weighted by Gasteiger charge is -2.41. The number of benzene rings is 1. The Bertz CT molecular complexity index is 760.